The number of methoxy groups -OCH3 is 1. The van der Waals surface area contributed by atoms with E-state index in [4.69, 9.17) is 35.6 Å². The zero-order chi connectivity index (χ0) is 37.2. The van der Waals surface area contributed by atoms with Crippen molar-refractivity contribution in [2.24, 2.45) is 7.05 Å². The molecule has 6 aromatic rings. The van der Waals surface area contributed by atoms with Crippen molar-refractivity contribution in [1.29, 1.82) is 0 Å². The van der Waals surface area contributed by atoms with Gasteiger partial charge in [0.25, 0.3) is 0 Å². The minimum absolute atomic E-state index is 0.254. The number of halogens is 1. The first-order valence-corrected chi connectivity index (χ1v) is 20.0. The Morgan fingerprint density at radius 2 is 1.89 bits per heavy atom. The van der Waals surface area contributed by atoms with E-state index in [2.05, 4.69) is 41.1 Å². The van der Waals surface area contributed by atoms with Gasteiger partial charge in [0.05, 0.1) is 36.6 Å². The van der Waals surface area contributed by atoms with Crippen LogP contribution in [-0.2, 0) is 48.3 Å². The molecule has 0 saturated carbocycles. The molecular formula is C43H44ClN3O6S. The highest BCUT2D eigenvalue weighted by atomic mass is 35.5. The molecule has 8 rings (SSSR count). The number of hydrogen-bond acceptors (Lipinski definition) is 7. The van der Waals surface area contributed by atoms with Gasteiger partial charge in [0, 0.05) is 58.4 Å². The summed E-state index contributed by atoms with van der Waals surface area (Å²) in [7, 11) is 3.50. The molecule has 1 unspecified atom stereocenters. The van der Waals surface area contributed by atoms with E-state index in [0.29, 0.717) is 37.7 Å². The van der Waals surface area contributed by atoms with Gasteiger partial charge in [-0.3, -0.25) is 4.68 Å². The van der Waals surface area contributed by atoms with Crippen molar-refractivity contribution in [2.45, 2.75) is 75.0 Å². The maximum absolute atomic E-state index is 12.9. The van der Waals surface area contributed by atoms with Crippen LogP contribution in [0.5, 0.6) is 11.5 Å². The van der Waals surface area contributed by atoms with Crippen LogP contribution in [0.25, 0.3) is 32.8 Å². The van der Waals surface area contributed by atoms with Crippen LogP contribution in [0.15, 0.2) is 77.7 Å². The summed E-state index contributed by atoms with van der Waals surface area (Å²) < 4.78 is 27.7. The first kappa shape index (κ1) is 36.5. The van der Waals surface area contributed by atoms with E-state index in [1.165, 1.54) is 5.56 Å². The Hall–Kier alpha value is -4.48. The molecule has 0 radical (unpaired) electrons. The molecule has 2 aliphatic heterocycles. The zero-order valence-corrected chi connectivity index (χ0v) is 32.2. The highest BCUT2D eigenvalue weighted by molar-refractivity contribution is 7.98. The van der Waals surface area contributed by atoms with E-state index < -0.39 is 5.97 Å². The number of ether oxygens (including phenoxy) is 4. The monoisotopic (exact) mass is 765 g/mol. The molecule has 9 nitrogen and oxygen atoms in total. The van der Waals surface area contributed by atoms with Crippen LogP contribution in [0.4, 0.5) is 0 Å². The molecule has 0 amide bonds. The normalized spacial score (nSPS) is 15.6. The lowest BCUT2D eigenvalue weighted by Gasteiger charge is -2.22. The van der Waals surface area contributed by atoms with Gasteiger partial charge in [-0.2, -0.15) is 5.10 Å². The summed E-state index contributed by atoms with van der Waals surface area (Å²) in [5.41, 5.74) is 6.70. The molecular weight excluding hydrogens is 722 g/mol. The van der Waals surface area contributed by atoms with Crippen LogP contribution in [0.1, 0.15) is 65.1 Å². The number of benzene rings is 4. The number of aryl methyl sites for hydroxylation is 3. The predicted octanol–water partition coefficient (Wildman–Crippen LogP) is 9.85. The van der Waals surface area contributed by atoms with E-state index >= 15 is 0 Å². The fourth-order valence-corrected chi connectivity index (χ4v) is 9.10. The van der Waals surface area contributed by atoms with Crippen LogP contribution in [0.3, 0.4) is 0 Å². The number of aromatic carboxylic acids is 1. The van der Waals surface area contributed by atoms with Crippen LogP contribution in [-0.4, -0.2) is 52.0 Å². The van der Waals surface area contributed by atoms with Crippen LogP contribution in [0.2, 0.25) is 5.02 Å². The van der Waals surface area contributed by atoms with Gasteiger partial charge in [0.2, 0.25) is 0 Å². The van der Waals surface area contributed by atoms with Crippen LogP contribution in [0, 0.1) is 0 Å². The SMILES string of the molecule is COc1ccc(CSc2cc(OCCCc3c(C(=O)O)n(C)c4c(-c5c(COC6CCCCO6)nn6c5CCC6)c(Cl)ccc34)c3ccccc3c2)cc1. The molecule has 1 N–H and O–H groups in total. The molecule has 2 aliphatic rings. The van der Waals surface area contributed by atoms with Gasteiger partial charge in [-0.1, -0.05) is 54.1 Å². The molecule has 2 aromatic heterocycles. The standard InChI is InChI=1S/C43H44ClN3O6S/c1-46-41-33(18-19-34(44)39(41)40-35(45-47-20-7-12-36(40)47)25-53-38-13-5-6-21-52-38)32(42(46)43(48)49)11-8-22-51-37-24-30(23-28-9-3-4-10-31(28)37)54-26-27-14-16-29(50-2)17-15-27/h3-4,9-10,14-19,23-24,38H,5-8,11-13,20-22,25-26H2,1-2H3,(H,48,49). The Balaban J connectivity index is 1.05. The minimum atomic E-state index is -0.975. The summed E-state index contributed by atoms with van der Waals surface area (Å²) in [6, 6.07) is 24.5. The van der Waals surface area contributed by atoms with Crippen molar-refractivity contribution in [3.05, 3.63) is 106 Å². The Bertz CT molecular complexity index is 2310. The zero-order valence-electron chi connectivity index (χ0n) is 30.6. The van der Waals surface area contributed by atoms with E-state index in [9.17, 15) is 9.90 Å². The molecule has 4 heterocycles. The second-order valence-electron chi connectivity index (χ2n) is 13.9. The summed E-state index contributed by atoms with van der Waals surface area (Å²) in [6.45, 7) is 2.25. The lowest BCUT2D eigenvalue weighted by atomic mass is 9.97. The molecule has 0 aliphatic carbocycles. The molecule has 0 bridgehead atoms. The molecule has 4 aromatic carbocycles. The summed E-state index contributed by atoms with van der Waals surface area (Å²) in [6.07, 6.45) is 5.73. The quantitative estimate of drug-likeness (QED) is 0.0865. The number of thioether (sulfide) groups is 1. The third kappa shape index (κ3) is 7.32. The first-order chi connectivity index (χ1) is 26.4. The molecule has 54 heavy (non-hydrogen) atoms. The second-order valence-corrected chi connectivity index (χ2v) is 15.4. The maximum Gasteiger partial charge on any atom is 0.352 e. The Morgan fingerprint density at radius 1 is 1.04 bits per heavy atom. The minimum Gasteiger partial charge on any atom is -0.497 e. The molecule has 0 spiro atoms. The Morgan fingerprint density at radius 3 is 2.69 bits per heavy atom. The van der Waals surface area contributed by atoms with E-state index in [1.807, 2.05) is 43.4 Å². The Labute approximate surface area is 324 Å². The summed E-state index contributed by atoms with van der Waals surface area (Å²) >= 11 is 8.83. The third-order valence-electron chi connectivity index (χ3n) is 10.5. The highest BCUT2D eigenvalue weighted by Gasteiger charge is 2.30. The summed E-state index contributed by atoms with van der Waals surface area (Å²) in [4.78, 5) is 14.0. The van der Waals surface area contributed by atoms with Gasteiger partial charge in [-0.15, -0.1) is 11.8 Å². The predicted molar refractivity (Wildman–Crippen MR) is 213 cm³/mol. The highest BCUT2D eigenvalue weighted by Crippen LogP contribution is 2.44. The molecule has 1 fully saturated rings. The van der Waals surface area contributed by atoms with Gasteiger partial charge in [0.15, 0.2) is 6.29 Å². The maximum atomic E-state index is 12.9. The van der Waals surface area contributed by atoms with Crippen molar-refractivity contribution in [2.75, 3.05) is 20.3 Å². The first-order valence-electron chi connectivity index (χ1n) is 18.7. The number of fused-ring (bicyclic) bond motifs is 3. The smallest absolute Gasteiger partial charge is 0.352 e. The van der Waals surface area contributed by atoms with E-state index in [1.54, 1.807) is 23.4 Å². The van der Waals surface area contributed by atoms with Gasteiger partial charge in [-0.25, -0.2) is 4.79 Å². The lowest BCUT2D eigenvalue weighted by molar-refractivity contribution is -0.169. The second kappa shape index (κ2) is 16.1. The van der Waals surface area contributed by atoms with Crippen molar-refractivity contribution >= 4 is 51.0 Å². The van der Waals surface area contributed by atoms with Gasteiger partial charge in [0.1, 0.15) is 17.2 Å². The fourth-order valence-electron chi connectivity index (χ4n) is 7.93. The van der Waals surface area contributed by atoms with Crippen molar-refractivity contribution < 1.29 is 28.8 Å². The molecule has 280 valence electrons. The largest absolute Gasteiger partial charge is 0.497 e. The number of hydrogen-bond donors (Lipinski definition) is 1. The number of aromatic nitrogens is 3. The van der Waals surface area contributed by atoms with Crippen molar-refractivity contribution in [1.82, 2.24) is 14.3 Å². The van der Waals surface area contributed by atoms with Crippen molar-refractivity contribution in [3.8, 4) is 22.6 Å². The lowest BCUT2D eigenvalue weighted by Crippen LogP contribution is -2.22. The number of rotatable bonds is 14. The van der Waals surface area contributed by atoms with Gasteiger partial charge < -0.3 is 28.6 Å². The summed E-state index contributed by atoms with van der Waals surface area (Å²) in [5, 5.41) is 19.1. The van der Waals surface area contributed by atoms with E-state index in [-0.39, 0.29) is 12.0 Å². The fraction of sp³-hybridized carbons (Fsp3) is 0.349. The van der Waals surface area contributed by atoms with Crippen LogP contribution < -0.4 is 9.47 Å². The van der Waals surface area contributed by atoms with Crippen LogP contribution >= 0.6 is 23.4 Å². The molecule has 1 saturated heterocycles. The van der Waals surface area contributed by atoms with E-state index in [0.717, 1.165) is 111 Å². The average Bonchev–Trinajstić information content (AvgIpc) is 3.87. The average molecular weight is 766 g/mol. The number of carboxylic acids is 1. The topological polar surface area (TPSA) is 97.0 Å². The number of nitrogens with zero attached hydrogens (tertiary/aromatic N) is 3. The number of carbonyl (C=O) groups is 1. The number of carboxylic acid groups (broad SMARTS) is 1. The van der Waals surface area contributed by atoms with Gasteiger partial charge in [-0.05, 0) is 91.8 Å². The van der Waals surface area contributed by atoms with Gasteiger partial charge >= 0.3 is 5.97 Å². The molecule has 11 heteroatoms. The Kier molecular flexibility index (Phi) is 10.9. The third-order valence-corrected chi connectivity index (χ3v) is 11.9. The van der Waals surface area contributed by atoms with Crippen molar-refractivity contribution in [3.63, 3.8) is 0 Å². The summed E-state index contributed by atoms with van der Waals surface area (Å²) in [5.74, 6) is 1.50. The molecule has 1 atom stereocenters.